The van der Waals surface area contributed by atoms with E-state index in [0.717, 1.165) is 12.8 Å². The Hall–Kier alpha value is 1.64. The molecule has 0 atom stereocenters. The van der Waals surface area contributed by atoms with Gasteiger partial charge in [-0.3, -0.25) is 4.18 Å². The summed E-state index contributed by atoms with van der Waals surface area (Å²) in [5, 5.41) is 0. The fourth-order valence-corrected chi connectivity index (χ4v) is 2.07. The van der Waals surface area contributed by atoms with E-state index in [1.165, 1.54) is 44.9 Å². The molecule has 0 fully saturated rings. The van der Waals surface area contributed by atoms with Crippen molar-refractivity contribution in [2.24, 2.45) is 0 Å². The Balaban J connectivity index is -0.000000213. The molecule has 0 aromatic carbocycles. The third-order valence-corrected chi connectivity index (χ3v) is 3.18. The van der Waals surface area contributed by atoms with Crippen LogP contribution in [0.5, 0.6) is 0 Å². The van der Waals surface area contributed by atoms with Crippen molar-refractivity contribution in [1.82, 2.24) is 0 Å². The predicted octanol–water partition coefficient (Wildman–Crippen LogP) is 0.232. The fourth-order valence-electron chi connectivity index (χ4n) is 1.75. The smallest absolute Gasteiger partial charge is 1.00 e. The normalized spacial score (nSPS) is 10.6. The van der Waals surface area contributed by atoms with Gasteiger partial charge in [0.15, 0.2) is 0 Å². The van der Waals surface area contributed by atoms with Gasteiger partial charge in [0.05, 0.1) is 6.61 Å². The first-order valence-electron chi connectivity index (χ1n) is 6.66. The van der Waals surface area contributed by atoms with Crippen molar-refractivity contribution >= 4 is 33.5 Å². The van der Waals surface area contributed by atoms with E-state index in [4.69, 9.17) is 0 Å². The Morgan fingerprint density at radius 1 is 0.895 bits per heavy atom. The van der Waals surface area contributed by atoms with E-state index in [1.807, 2.05) is 0 Å². The molecule has 108 valence electrons. The van der Waals surface area contributed by atoms with E-state index < -0.39 is 10.4 Å². The summed E-state index contributed by atoms with van der Waals surface area (Å²) in [5.41, 5.74) is 0. The van der Waals surface area contributed by atoms with Crippen LogP contribution in [0, 0.1) is 0 Å². The summed E-state index contributed by atoms with van der Waals surface area (Å²) in [7, 11) is -4.48. The molecule has 0 aromatic heterocycles. The molecule has 0 saturated carbocycles. The van der Waals surface area contributed by atoms with Crippen molar-refractivity contribution in [2.45, 2.75) is 71.1 Å². The van der Waals surface area contributed by atoms with Crippen LogP contribution in [0.3, 0.4) is 0 Å². The minimum absolute atomic E-state index is 0. The maximum Gasteiger partial charge on any atom is 2.00 e. The minimum atomic E-state index is -4.48. The van der Waals surface area contributed by atoms with Gasteiger partial charge in [0, 0.05) is 0 Å². The van der Waals surface area contributed by atoms with Gasteiger partial charge in [0.1, 0.15) is 0 Å². The van der Waals surface area contributed by atoms with Gasteiger partial charge in [-0.15, -0.1) is 0 Å². The zero-order valence-electron chi connectivity index (χ0n) is 14.5. The van der Waals surface area contributed by atoms with Gasteiger partial charge in [-0.1, -0.05) is 64.7 Å². The van der Waals surface area contributed by atoms with Crippen LogP contribution in [0.2, 0.25) is 0 Å². The van der Waals surface area contributed by atoms with Crippen LogP contribution >= 0.6 is 0 Å². The third-order valence-electron chi connectivity index (χ3n) is 2.73. The SMILES string of the molecule is CCCCCCCCCCCCOS(=O)(=O)[O-].[H-].[H-].[Mg+2].[Na+]. The molecule has 0 aliphatic rings. The summed E-state index contributed by atoms with van der Waals surface area (Å²) < 4.78 is 34.5. The minimum Gasteiger partial charge on any atom is -1.00 e. The first kappa shape index (κ1) is 25.6. The second kappa shape index (κ2) is 17.7. The van der Waals surface area contributed by atoms with E-state index in [9.17, 15) is 13.0 Å². The van der Waals surface area contributed by atoms with E-state index in [1.54, 1.807) is 0 Å². The molecular formula is C12H27MgNaO4S. The number of rotatable bonds is 12. The average molecular weight is 315 g/mol. The van der Waals surface area contributed by atoms with Crippen LogP contribution < -0.4 is 29.6 Å². The Kier molecular flexibility index (Phi) is 23.8. The Morgan fingerprint density at radius 3 is 1.63 bits per heavy atom. The Labute approximate surface area is 159 Å². The molecule has 0 heterocycles. The van der Waals surface area contributed by atoms with Crippen molar-refractivity contribution in [2.75, 3.05) is 6.61 Å². The summed E-state index contributed by atoms with van der Waals surface area (Å²) in [4.78, 5) is 0. The summed E-state index contributed by atoms with van der Waals surface area (Å²) in [5.74, 6) is 0. The van der Waals surface area contributed by atoms with E-state index in [-0.39, 0.29) is 62.1 Å². The van der Waals surface area contributed by atoms with Gasteiger partial charge in [-0.2, -0.15) is 0 Å². The molecule has 0 aliphatic heterocycles. The zero-order chi connectivity index (χ0) is 13.0. The molecule has 0 unspecified atom stereocenters. The maximum atomic E-state index is 10.1. The number of hydrogen-bond acceptors (Lipinski definition) is 4. The summed E-state index contributed by atoms with van der Waals surface area (Å²) in [6, 6.07) is 0. The summed E-state index contributed by atoms with van der Waals surface area (Å²) >= 11 is 0. The van der Waals surface area contributed by atoms with Crippen molar-refractivity contribution in [1.29, 1.82) is 0 Å². The van der Waals surface area contributed by atoms with Gasteiger partial charge in [-0.05, 0) is 6.42 Å². The molecule has 0 amide bonds. The molecule has 19 heavy (non-hydrogen) atoms. The van der Waals surface area contributed by atoms with Gasteiger partial charge in [0.2, 0.25) is 10.4 Å². The third kappa shape index (κ3) is 25.0. The molecule has 0 spiro atoms. The number of unbranched alkanes of at least 4 members (excludes halogenated alkanes) is 9. The van der Waals surface area contributed by atoms with Crippen LogP contribution in [0.25, 0.3) is 0 Å². The van der Waals surface area contributed by atoms with Gasteiger partial charge < -0.3 is 7.41 Å². The summed E-state index contributed by atoms with van der Waals surface area (Å²) in [6.45, 7) is 2.24. The Bertz CT molecular complexity index is 270. The van der Waals surface area contributed by atoms with Crippen molar-refractivity contribution < 1.29 is 49.6 Å². The molecule has 0 rings (SSSR count). The van der Waals surface area contributed by atoms with Crippen molar-refractivity contribution in [3.05, 3.63) is 0 Å². The van der Waals surface area contributed by atoms with Crippen LogP contribution in [-0.4, -0.2) is 42.6 Å². The molecule has 0 aliphatic carbocycles. The summed E-state index contributed by atoms with van der Waals surface area (Å²) in [6.07, 6.45) is 11.7. The predicted molar refractivity (Wildman–Crippen MR) is 75.5 cm³/mol. The van der Waals surface area contributed by atoms with Crippen molar-refractivity contribution in [3.63, 3.8) is 0 Å². The average Bonchev–Trinajstić information content (AvgIpc) is 2.24. The Morgan fingerprint density at radius 2 is 1.26 bits per heavy atom. The van der Waals surface area contributed by atoms with Crippen molar-refractivity contribution in [3.8, 4) is 0 Å². The number of hydrogen-bond donors (Lipinski definition) is 0. The molecule has 0 bridgehead atoms. The van der Waals surface area contributed by atoms with E-state index in [0.29, 0.717) is 6.42 Å². The molecule has 0 aromatic rings. The molecule has 4 nitrogen and oxygen atoms in total. The second-order valence-corrected chi connectivity index (χ2v) is 5.46. The zero-order valence-corrected chi connectivity index (χ0v) is 16.8. The second-order valence-electron chi connectivity index (χ2n) is 4.41. The van der Waals surface area contributed by atoms with Crippen LogP contribution in [0.4, 0.5) is 0 Å². The van der Waals surface area contributed by atoms with Crippen LogP contribution in [-0.2, 0) is 14.6 Å². The first-order valence-corrected chi connectivity index (χ1v) is 8.00. The molecule has 7 heteroatoms. The standard InChI is InChI=1S/C12H26O4S.Mg.Na.2H/c1-2-3-4-5-6-7-8-9-10-11-12-16-17(13,14)15;;;;/h2-12H2,1H3,(H,13,14,15);;;;/q;+2;+1;2*-1/p-1. The van der Waals surface area contributed by atoms with Gasteiger partial charge in [0.25, 0.3) is 0 Å². The monoisotopic (exact) mass is 314 g/mol. The van der Waals surface area contributed by atoms with Crippen LogP contribution in [0.15, 0.2) is 0 Å². The first-order chi connectivity index (χ1) is 8.06. The van der Waals surface area contributed by atoms with E-state index >= 15 is 0 Å². The van der Waals surface area contributed by atoms with Gasteiger partial charge in [-0.25, -0.2) is 8.42 Å². The maximum absolute atomic E-state index is 10.1. The van der Waals surface area contributed by atoms with E-state index in [2.05, 4.69) is 11.1 Å². The van der Waals surface area contributed by atoms with Crippen LogP contribution in [0.1, 0.15) is 74.0 Å². The molecule has 0 radical (unpaired) electrons. The largest absolute Gasteiger partial charge is 2.00 e. The van der Waals surface area contributed by atoms with Gasteiger partial charge >= 0.3 is 52.6 Å². The quantitative estimate of drug-likeness (QED) is 0.224. The molecule has 0 saturated heterocycles. The fraction of sp³-hybridized carbons (Fsp3) is 1.00. The molecule has 0 N–H and O–H groups in total. The topological polar surface area (TPSA) is 66.4 Å². The molecular weight excluding hydrogens is 287 g/mol.